The number of fused-ring (bicyclic) bond motifs is 1. The average molecular weight is 376 g/mol. The van der Waals surface area contributed by atoms with Gasteiger partial charge in [-0.1, -0.05) is 23.7 Å². The van der Waals surface area contributed by atoms with E-state index in [-0.39, 0.29) is 18.1 Å². The molecule has 0 bridgehead atoms. The highest BCUT2D eigenvalue weighted by molar-refractivity contribution is 6.31. The first-order valence-electron chi connectivity index (χ1n) is 8.09. The molecular weight excluding hydrogens is 357 g/mol. The summed E-state index contributed by atoms with van der Waals surface area (Å²) in [6.07, 6.45) is -0.346. The number of hydrogen-bond acceptors (Lipinski definition) is 4. The zero-order valence-corrected chi connectivity index (χ0v) is 15.5. The van der Waals surface area contributed by atoms with E-state index in [4.69, 9.17) is 22.1 Å². The zero-order valence-electron chi connectivity index (χ0n) is 14.7. The summed E-state index contributed by atoms with van der Waals surface area (Å²) in [6, 6.07) is 9.86. The van der Waals surface area contributed by atoms with Crippen LogP contribution in [0.15, 0.2) is 36.4 Å². The number of rotatable bonds is 2. The first kappa shape index (κ1) is 18.2. The fourth-order valence-electron chi connectivity index (χ4n) is 2.64. The number of anilines is 1. The minimum atomic E-state index is -0.664. The number of halogens is 2. The standard InChI is InChI=1S/C19H19ClFN3O2/c1-19(2,3)26-18(25)24-16-10-11(7-8-12(16)17(22)23-24)9-13-14(20)5-4-6-15(13)21/h4-8,10H,9H2,1-3H3,(H2,22,23). The van der Waals surface area contributed by atoms with Crippen molar-refractivity contribution < 1.29 is 13.9 Å². The molecule has 0 spiro atoms. The second-order valence-corrected chi connectivity index (χ2v) is 7.41. The third-order valence-electron chi connectivity index (χ3n) is 3.78. The quantitative estimate of drug-likeness (QED) is 0.699. The van der Waals surface area contributed by atoms with Crippen LogP contribution >= 0.6 is 11.6 Å². The summed E-state index contributed by atoms with van der Waals surface area (Å²) in [5.41, 5.74) is 6.91. The highest BCUT2D eigenvalue weighted by Crippen LogP contribution is 2.27. The molecule has 0 radical (unpaired) electrons. The lowest BCUT2D eigenvalue weighted by Crippen LogP contribution is -2.27. The molecule has 0 unspecified atom stereocenters. The lowest BCUT2D eigenvalue weighted by molar-refractivity contribution is 0.0523. The van der Waals surface area contributed by atoms with Crippen LogP contribution in [0.25, 0.3) is 10.9 Å². The predicted molar refractivity (Wildman–Crippen MR) is 100.0 cm³/mol. The highest BCUT2D eigenvalue weighted by atomic mass is 35.5. The van der Waals surface area contributed by atoms with Crippen LogP contribution in [0, 0.1) is 5.82 Å². The van der Waals surface area contributed by atoms with Gasteiger partial charge in [0.05, 0.1) is 5.52 Å². The Morgan fingerprint density at radius 3 is 2.69 bits per heavy atom. The van der Waals surface area contributed by atoms with E-state index in [1.54, 1.807) is 45.0 Å². The van der Waals surface area contributed by atoms with Crippen molar-refractivity contribution in [1.29, 1.82) is 0 Å². The molecule has 1 aromatic heterocycles. The summed E-state index contributed by atoms with van der Waals surface area (Å²) >= 11 is 6.10. The van der Waals surface area contributed by atoms with Crippen LogP contribution < -0.4 is 5.73 Å². The van der Waals surface area contributed by atoms with Gasteiger partial charge in [0.15, 0.2) is 5.82 Å². The van der Waals surface area contributed by atoms with Crippen LogP contribution in [-0.4, -0.2) is 21.5 Å². The fourth-order valence-corrected chi connectivity index (χ4v) is 2.87. The molecule has 0 fully saturated rings. The Labute approximate surface area is 155 Å². The van der Waals surface area contributed by atoms with Crippen LogP contribution in [0.5, 0.6) is 0 Å². The molecule has 2 N–H and O–H groups in total. The van der Waals surface area contributed by atoms with Gasteiger partial charge in [-0.25, -0.2) is 9.18 Å². The third-order valence-corrected chi connectivity index (χ3v) is 4.14. The smallest absolute Gasteiger partial charge is 0.435 e. The van der Waals surface area contributed by atoms with Gasteiger partial charge in [-0.2, -0.15) is 4.68 Å². The maximum atomic E-state index is 14.1. The second kappa shape index (κ2) is 6.61. The number of ether oxygens (including phenoxy) is 1. The summed E-state index contributed by atoms with van der Waals surface area (Å²) in [5, 5.41) is 5.05. The van der Waals surface area contributed by atoms with Gasteiger partial charge in [0, 0.05) is 22.4 Å². The molecule has 7 heteroatoms. The van der Waals surface area contributed by atoms with E-state index < -0.39 is 11.7 Å². The number of hydrogen-bond donors (Lipinski definition) is 1. The zero-order chi connectivity index (χ0) is 19.1. The van der Waals surface area contributed by atoms with E-state index in [2.05, 4.69) is 5.10 Å². The SMILES string of the molecule is CC(C)(C)OC(=O)n1nc(N)c2ccc(Cc3c(F)cccc3Cl)cc21. The maximum absolute atomic E-state index is 14.1. The highest BCUT2D eigenvalue weighted by Gasteiger charge is 2.22. The van der Waals surface area contributed by atoms with Crippen LogP contribution in [0.2, 0.25) is 5.02 Å². The number of carbonyl (C=O) groups excluding carboxylic acids is 1. The van der Waals surface area contributed by atoms with Gasteiger partial charge in [-0.3, -0.25) is 0 Å². The summed E-state index contributed by atoms with van der Waals surface area (Å²) in [7, 11) is 0. The fraction of sp³-hybridized carbons (Fsp3) is 0.263. The molecule has 3 rings (SSSR count). The molecule has 26 heavy (non-hydrogen) atoms. The van der Waals surface area contributed by atoms with Gasteiger partial charge in [-0.05, 0) is 50.6 Å². The molecule has 5 nitrogen and oxygen atoms in total. The molecule has 0 aliphatic rings. The van der Waals surface area contributed by atoms with E-state index >= 15 is 0 Å². The predicted octanol–water partition coefficient (Wildman–Crippen LogP) is 4.79. The Hall–Kier alpha value is -2.60. The molecule has 2 aromatic carbocycles. The van der Waals surface area contributed by atoms with Crippen molar-refractivity contribution in [2.45, 2.75) is 32.8 Å². The molecule has 0 saturated heterocycles. The van der Waals surface area contributed by atoms with Gasteiger partial charge in [0.25, 0.3) is 0 Å². The summed E-state index contributed by atoms with van der Waals surface area (Å²) < 4.78 is 20.5. The molecule has 136 valence electrons. The van der Waals surface area contributed by atoms with Crippen molar-refractivity contribution in [3.63, 3.8) is 0 Å². The molecule has 0 atom stereocenters. The molecule has 0 aliphatic heterocycles. The van der Waals surface area contributed by atoms with Crippen molar-refractivity contribution in [3.05, 3.63) is 58.4 Å². The number of nitrogens with two attached hydrogens (primary N) is 1. The Morgan fingerprint density at radius 1 is 1.31 bits per heavy atom. The molecule has 0 amide bonds. The average Bonchev–Trinajstić information content (AvgIpc) is 2.86. The largest absolute Gasteiger partial charge is 0.442 e. The molecule has 3 aromatic rings. The lowest BCUT2D eigenvalue weighted by Gasteiger charge is -2.19. The summed E-state index contributed by atoms with van der Waals surface area (Å²) in [6.45, 7) is 5.31. The number of aromatic nitrogens is 2. The summed E-state index contributed by atoms with van der Waals surface area (Å²) in [4.78, 5) is 12.4. The topological polar surface area (TPSA) is 70.1 Å². The van der Waals surface area contributed by atoms with Crippen molar-refractivity contribution in [2.75, 3.05) is 5.73 Å². The van der Waals surface area contributed by atoms with Crippen LogP contribution in [-0.2, 0) is 11.2 Å². The van der Waals surface area contributed by atoms with Crippen LogP contribution in [0.1, 0.15) is 31.9 Å². The molecule has 0 saturated carbocycles. The van der Waals surface area contributed by atoms with Crippen LogP contribution in [0.3, 0.4) is 0 Å². The van der Waals surface area contributed by atoms with Gasteiger partial charge in [0.1, 0.15) is 11.4 Å². The van der Waals surface area contributed by atoms with Crippen molar-refractivity contribution in [2.24, 2.45) is 0 Å². The van der Waals surface area contributed by atoms with E-state index in [1.165, 1.54) is 6.07 Å². The lowest BCUT2D eigenvalue weighted by atomic mass is 10.0. The van der Waals surface area contributed by atoms with Crippen molar-refractivity contribution in [1.82, 2.24) is 9.78 Å². The van der Waals surface area contributed by atoms with E-state index in [0.29, 0.717) is 21.5 Å². The molecule has 1 heterocycles. The van der Waals surface area contributed by atoms with Crippen molar-refractivity contribution >= 4 is 34.4 Å². The Bertz CT molecular complexity index is 972. The Morgan fingerprint density at radius 2 is 2.04 bits per heavy atom. The minimum absolute atomic E-state index is 0.223. The first-order valence-corrected chi connectivity index (χ1v) is 8.47. The van der Waals surface area contributed by atoms with Crippen molar-refractivity contribution in [3.8, 4) is 0 Å². The normalized spacial score (nSPS) is 11.7. The maximum Gasteiger partial charge on any atom is 0.435 e. The number of nitrogens with zero attached hydrogens (tertiary/aromatic N) is 2. The number of carbonyl (C=O) groups is 1. The van der Waals surface area contributed by atoms with Gasteiger partial charge in [0.2, 0.25) is 0 Å². The van der Waals surface area contributed by atoms with Gasteiger partial charge < -0.3 is 10.5 Å². The van der Waals surface area contributed by atoms with Gasteiger partial charge in [-0.15, -0.1) is 5.10 Å². The van der Waals surface area contributed by atoms with E-state index in [1.807, 2.05) is 6.07 Å². The van der Waals surface area contributed by atoms with Gasteiger partial charge >= 0.3 is 6.09 Å². The van der Waals surface area contributed by atoms with Crippen LogP contribution in [0.4, 0.5) is 15.0 Å². The minimum Gasteiger partial charge on any atom is -0.442 e. The monoisotopic (exact) mass is 375 g/mol. The Balaban J connectivity index is 2.02. The molecular formula is C19H19ClFN3O2. The number of benzene rings is 2. The third kappa shape index (κ3) is 3.65. The number of nitrogen functional groups attached to an aromatic ring is 1. The van der Waals surface area contributed by atoms with E-state index in [0.717, 1.165) is 10.2 Å². The Kier molecular flexibility index (Phi) is 4.63. The van der Waals surface area contributed by atoms with E-state index in [9.17, 15) is 9.18 Å². The second-order valence-electron chi connectivity index (χ2n) is 7.01. The first-order chi connectivity index (χ1) is 12.2. The summed E-state index contributed by atoms with van der Waals surface area (Å²) in [5.74, 6) is -0.154. The molecule has 0 aliphatic carbocycles.